The second-order valence-electron chi connectivity index (χ2n) is 10.5. The third-order valence-corrected chi connectivity index (χ3v) is 7.82. The van der Waals surface area contributed by atoms with Crippen molar-refractivity contribution in [1.82, 2.24) is 9.13 Å². The maximum absolute atomic E-state index is 12.9. The van der Waals surface area contributed by atoms with Crippen molar-refractivity contribution >= 4 is 49.0 Å². The number of nitrogens with zero attached hydrogens (tertiary/aromatic N) is 2. The van der Waals surface area contributed by atoms with Crippen LogP contribution >= 0.6 is 15.9 Å². The number of benzene rings is 2. The second kappa shape index (κ2) is 16.1. The average molecular weight is 711 g/mol. The molecule has 244 valence electrons. The van der Waals surface area contributed by atoms with E-state index in [1.165, 1.54) is 76.7 Å². The molecule has 0 saturated carbocycles. The summed E-state index contributed by atoms with van der Waals surface area (Å²) in [5.41, 5.74) is 1.70. The van der Waals surface area contributed by atoms with Crippen LogP contribution in [0.15, 0.2) is 74.7 Å². The molecule has 5 rings (SSSR count). The lowest BCUT2D eigenvalue weighted by Gasteiger charge is -2.25. The van der Waals surface area contributed by atoms with Crippen molar-refractivity contribution in [2.45, 2.75) is 48.2 Å². The Morgan fingerprint density at radius 3 is 1.47 bits per heavy atom. The number of aromatic carboxylic acids is 1. The number of rotatable bonds is 4. The lowest BCUT2D eigenvalue weighted by Crippen LogP contribution is -2.44. The molecule has 0 radical (unpaired) electrons. The van der Waals surface area contributed by atoms with Gasteiger partial charge in [-0.15, -0.1) is 0 Å². The van der Waals surface area contributed by atoms with Crippen LogP contribution in [0.1, 0.15) is 44.6 Å². The van der Waals surface area contributed by atoms with Gasteiger partial charge in [0, 0.05) is 27.2 Å². The Hall–Kier alpha value is -4.11. The van der Waals surface area contributed by atoms with Crippen molar-refractivity contribution in [2.24, 2.45) is 0 Å². The van der Waals surface area contributed by atoms with E-state index in [1.54, 1.807) is 20.8 Å². The normalized spacial score (nSPS) is 12.5. The van der Waals surface area contributed by atoms with Crippen molar-refractivity contribution in [1.29, 1.82) is 0 Å². The number of aryl methyl sites for hydroxylation is 1. The van der Waals surface area contributed by atoms with E-state index in [0.29, 0.717) is 32.8 Å². The molecule has 3 heterocycles. The second-order valence-corrected chi connectivity index (χ2v) is 11.4. The van der Waals surface area contributed by atoms with Gasteiger partial charge in [-0.25, -0.2) is 13.6 Å². The highest BCUT2D eigenvalue weighted by molar-refractivity contribution is 9.10. The topological polar surface area (TPSA) is 126 Å². The number of hydrogen-bond acceptors (Lipinski definition) is 7. The molecule has 0 bridgehead atoms. The number of carboxylic acid groups (broad SMARTS) is 1. The van der Waals surface area contributed by atoms with Crippen LogP contribution < -0.4 is 11.1 Å². The van der Waals surface area contributed by atoms with Gasteiger partial charge in [0.15, 0.2) is 5.78 Å². The molecular formula is C31H32B3BrF2N2O8. The number of pyridine rings is 2. The van der Waals surface area contributed by atoms with E-state index < -0.39 is 22.9 Å². The molecule has 1 aliphatic heterocycles. The summed E-state index contributed by atoms with van der Waals surface area (Å²) in [5.74, 6) is -2.37. The highest BCUT2D eigenvalue weighted by Gasteiger charge is 2.31. The van der Waals surface area contributed by atoms with Crippen molar-refractivity contribution in [3.63, 3.8) is 0 Å². The SMILES string of the molecule is CB1OB(C)OB(C)O1.CC(=O)c1cc(Br)c(C)n(-c2ccc(F)cc2)c1=O.Cc1cc(C(=O)O)c(=O)n(-c2ccc(F)cc2)c1C. The quantitative estimate of drug-likeness (QED) is 0.204. The highest BCUT2D eigenvalue weighted by atomic mass is 79.9. The van der Waals surface area contributed by atoms with Crippen LogP contribution in [0, 0.1) is 32.4 Å². The van der Waals surface area contributed by atoms with Gasteiger partial charge in [-0.1, -0.05) is 0 Å². The summed E-state index contributed by atoms with van der Waals surface area (Å²) in [6, 6.07) is 13.7. The van der Waals surface area contributed by atoms with Crippen LogP contribution in [-0.4, -0.2) is 47.3 Å². The molecule has 1 aliphatic rings. The van der Waals surface area contributed by atoms with E-state index >= 15 is 0 Å². The van der Waals surface area contributed by atoms with Crippen LogP contribution in [-0.2, 0) is 13.7 Å². The molecule has 1 fully saturated rings. The van der Waals surface area contributed by atoms with Gasteiger partial charge < -0.3 is 18.8 Å². The predicted molar refractivity (Wildman–Crippen MR) is 181 cm³/mol. The average Bonchev–Trinajstić information content (AvgIpc) is 2.98. The number of aromatic nitrogens is 2. The summed E-state index contributed by atoms with van der Waals surface area (Å²) in [6.07, 6.45) is 0. The molecule has 1 saturated heterocycles. The summed E-state index contributed by atoms with van der Waals surface area (Å²) < 4.78 is 44.5. The zero-order valence-electron chi connectivity index (χ0n) is 26.8. The van der Waals surface area contributed by atoms with E-state index in [4.69, 9.17) is 18.8 Å². The maximum Gasteiger partial charge on any atom is 0.426 e. The molecule has 0 spiro atoms. The molecule has 0 unspecified atom stereocenters. The maximum atomic E-state index is 12.9. The molecule has 10 nitrogen and oxygen atoms in total. The van der Waals surface area contributed by atoms with Gasteiger partial charge in [-0.2, -0.15) is 0 Å². The zero-order chi connectivity index (χ0) is 35.2. The highest BCUT2D eigenvalue weighted by Crippen LogP contribution is 2.19. The molecule has 2 aromatic carbocycles. The molecule has 0 aliphatic carbocycles. The van der Waals surface area contributed by atoms with Crippen LogP contribution in [0.4, 0.5) is 8.78 Å². The van der Waals surface area contributed by atoms with Gasteiger partial charge in [0.1, 0.15) is 17.2 Å². The van der Waals surface area contributed by atoms with Gasteiger partial charge in [-0.3, -0.25) is 23.5 Å². The molecule has 2 aromatic heterocycles. The van der Waals surface area contributed by atoms with Gasteiger partial charge >= 0.3 is 27.3 Å². The van der Waals surface area contributed by atoms with Gasteiger partial charge in [0.25, 0.3) is 11.1 Å². The van der Waals surface area contributed by atoms with Crippen molar-refractivity contribution in [2.75, 3.05) is 0 Å². The third-order valence-electron chi connectivity index (χ3n) is 7.02. The Morgan fingerprint density at radius 2 is 1.09 bits per heavy atom. The number of ketones is 1. The number of hydrogen-bond donors (Lipinski definition) is 1. The number of halogens is 3. The Kier molecular flexibility index (Phi) is 12.8. The van der Waals surface area contributed by atoms with E-state index in [2.05, 4.69) is 15.9 Å². The first-order valence-corrected chi connectivity index (χ1v) is 15.2. The van der Waals surface area contributed by atoms with Crippen molar-refractivity contribution in [3.8, 4) is 11.4 Å². The smallest absolute Gasteiger partial charge is 0.426 e. The van der Waals surface area contributed by atoms with Crippen LogP contribution in [0.3, 0.4) is 0 Å². The summed E-state index contributed by atoms with van der Waals surface area (Å²) >= 11 is 3.33. The first-order chi connectivity index (χ1) is 22.0. The minimum Gasteiger partial charge on any atom is -0.477 e. The largest absolute Gasteiger partial charge is 0.477 e. The first kappa shape index (κ1) is 37.4. The number of carbonyl (C=O) groups is 2. The van der Waals surface area contributed by atoms with Crippen LogP contribution in [0.5, 0.6) is 0 Å². The standard InChI is InChI=1S/C14H11BrFNO2.C14H12FNO3.C3H9B3O3/c1-8-13(15)7-12(9(2)18)14(19)17(8)11-5-3-10(16)4-6-11;1-8-7-12(14(18)19)13(17)16(9(8)2)11-5-3-10(15)4-6-11;1-4-7-5(2)9-6(3)8-4/h3-7H,1-2H3;3-7H,1-2H3,(H,18,19);1-3H3. The minimum absolute atomic E-state index is 0.0989. The summed E-state index contributed by atoms with van der Waals surface area (Å²) in [7, 11) is -0.406. The van der Waals surface area contributed by atoms with E-state index in [1.807, 2.05) is 20.5 Å². The fourth-order valence-electron chi connectivity index (χ4n) is 4.62. The Balaban J connectivity index is 0.000000204. The van der Waals surface area contributed by atoms with E-state index in [0.717, 1.165) is 0 Å². The summed E-state index contributed by atoms with van der Waals surface area (Å²) in [6.45, 7) is 12.1. The number of Topliss-reactive ketones (excluding diaryl/α,β-unsaturated/α-hetero) is 1. The van der Waals surface area contributed by atoms with Crippen molar-refractivity contribution in [3.05, 3.63) is 126 Å². The minimum atomic E-state index is -1.27. The monoisotopic (exact) mass is 710 g/mol. The molecule has 1 N–H and O–H groups in total. The third kappa shape index (κ3) is 9.47. The molecule has 47 heavy (non-hydrogen) atoms. The van der Waals surface area contributed by atoms with Gasteiger partial charge in [-0.05, 0) is 130 Å². The van der Waals surface area contributed by atoms with Crippen LogP contribution in [0.25, 0.3) is 11.4 Å². The Morgan fingerprint density at radius 1 is 0.702 bits per heavy atom. The predicted octanol–water partition coefficient (Wildman–Crippen LogP) is 5.95. The van der Waals surface area contributed by atoms with Crippen LogP contribution in [0.2, 0.25) is 20.5 Å². The first-order valence-electron chi connectivity index (χ1n) is 14.4. The lowest BCUT2D eigenvalue weighted by atomic mass is 9.74. The molecular weight excluding hydrogens is 679 g/mol. The summed E-state index contributed by atoms with van der Waals surface area (Å²) in [5, 5.41) is 9.02. The van der Waals surface area contributed by atoms with Gasteiger partial charge in [0.2, 0.25) is 0 Å². The Labute approximate surface area is 279 Å². The lowest BCUT2D eigenvalue weighted by molar-refractivity contribution is 0.0694. The summed E-state index contributed by atoms with van der Waals surface area (Å²) in [4.78, 5) is 47.0. The van der Waals surface area contributed by atoms with Crippen molar-refractivity contribution < 1.29 is 37.2 Å². The van der Waals surface area contributed by atoms with E-state index in [-0.39, 0.29) is 44.1 Å². The molecule has 4 aromatic rings. The molecule has 0 amide bonds. The fourth-order valence-corrected chi connectivity index (χ4v) is 5.02. The fraction of sp³-hybridized carbons (Fsp3) is 0.226. The van der Waals surface area contributed by atoms with E-state index in [9.17, 15) is 28.0 Å². The Bertz CT molecular complexity index is 1740. The number of carbonyl (C=O) groups excluding carboxylic acids is 1. The molecule has 16 heteroatoms. The number of carboxylic acids is 1. The molecule has 0 atom stereocenters. The van der Waals surface area contributed by atoms with Gasteiger partial charge in [0.05, 0.1) is 5.56 Å². The zero-order valence-corrected chi connectivity index (χ0v) is 28.4.